The van der Waals surface area contributed by atoms with Gasteiger partial charge in [0.1, 0.15) is 0 Å². The van der Waals surface area contributed by atoms with Gasteiger partial charge in [-0.15, -0.1) is 0 Å². The fourth-order valence-electron chi connectivity index (χ4n) is 6.64. The van der Waals surface area contributed by atoms with Crippen LogP contribution in [-0.4, -0.2) is 76.7 Å². The van der Waals surface area contributed by atoms with Crippen molar-refractivity contribution in [2.45, 2.75) is 53.4 Å². The molecule has 16 heteroatoms. The second-order valence-corrected chi connectivity index (χ2v) is 17.0. The predicted octanol–water partition coefficient (Wildman–Crippen LogP) is 6.23. The highest BCUT2D eigenvalue weighted by atomic mass is 31.2. The van der Waals surface area contributed by atoms with Gasteiger partial charge in [-0.3, -0.25) is 18.7 Å². The van der Waals surface area contributed by atoms with Gasteiger partial charge in [-0.05, 0) is 98.2 Å². The number of rotatable bonds is 14. The fourth-order valence-corrected chi connectivity index (χ4v) is 7.44. The molecule has 0 fully saturated rings. The molecule has 0 atom stereocenters. The zero-order valence-corrected chi connectivity index (χ0v) is 32.5. The molecule has 14 nitrogen and oxygen atoms in total. The second-order valence-electron chi connectivity index (χ2n) is 13.4. The van der Waals surface area contributed by atoms with E-state index >= 15 is 0 Å². The van der Waals surface area contributed by atoms with Gasteiger partial charge in [0, 0.05) is 59.1 Å². The number of aromatic nitrogens is 4. The molecule has 2 aliphatic heterocycles. The van der Waals surface area contributed by atoms with E-state index in [1.165, 1.54) is 0 Å². The Morgan fingerprint density at radius 3 is 1.44 bits per heavy atom. The number of fused-ring (bicyclic) bond motifs is 8. The second kappa shape index (κ2) is 16.4. The number of nitrogens with one attached hydrogen (secondary N) is 4. The van der Waals surface area contributed by atoms with Crippen molar-refractivity contribution < 1.29 is 38.3 Å². The number of hydrogen-bond acceptors (Lipinski definition) is 6. The van der Waals surface area contributed by atoms with Crippen molar-refractivity contribution in [2.24, 2.45) is 0 Å². The van der Waals surface area contributed by atoms with Crippen molar-refractivity contribution >= 4 is 83.5 Å². The third-order valence-electron chi connectivity index (χ3n) is 9.70. The normalized spacial score (nSPS) is 13.3. The smallest absolute Gasteiger partial charge is 0.327 e. The highest BCUT2D eigenvalue weighted by Crippen LogP contribution is 2.39. The zero-order chi connectivity index (χ0) is 39.5. The summed E-state index contributed by atoms with van der Waals surface area (Å²) in [5, 5.41) is 5.16. The van der Waals surface area contributed by atoms with Crippen LogP contribution >= 0.6 is 15.2 Å². The van der Waals surface area contributed by atoms with Gasteiger partial charge in [-0.1, -0.05) is 25.3 Å². The van der Waals surface area contributed by atoms with Gasteiger partial charge < -0.3 is 40.2 Å². The monoisotopic (exact) mass is 776 g/mol. The van der Waals surface area contributed by atoms with Gasteiger partial charge in [-0.25, -0.2) is 9.97 Å². The van der Waals surface area contributed by atoms with E-state index in [1.54, 1.807) is 6.08 Å². The van der Waals surface area contributed by atoms with Crippen LogP contribution in [0.4, 0.5) is 0 Å². The summed E-state index contributed by atoms with van der Waals surface area (Å²) in [6.07, 6.45) is 3.32. The number of nitrogens with zero attached hydrogens (tertiary/aromatic N) is 2. The Bertz CT molecular complexity index is 2380. The minimum Gasteiger partial charge on any atom is -0.355 e. The van der Waals surface area contributed by atoms with E-state index in [0.29, 0.717) is 22.8 Å². The minimum absolute atomic E-state index is 0.0422. The molecule has 286 valence electrons. The summed E-state index contributed by atoms with van der Waals surface area (Å²) in [4.78, 5) is 79.5. The van der Waals surface area contributed by atoms with E-state index in [-0.39, 0.29) is 50.6 Å². The van der Waals surface area contributed by atoms with E-state index in [9.17, 15) is 38.3 Å². The van der Waals surface area contributed by atoms with Crippen molar-refractivity contribution in [3.05, 3.63) is 82.5 Å². The maximum absolute atomic E-state index is 12.8. The molecule has 5 heterocycles. The highest BCUT2D eigenvalue weighted by molar-refractivity contribution is 7.52. The van der Waals surface area contributed by atoms with E-state index in [0.717, 1.165) is 66.6 Å². The fraction of sp³-hybridized carbons (Fsp3) is 0.316. The van der Waals surface area contributed by atoms with Crippen LogP contribution in [0, 0.1) is 13.8 Å². The number of carbonyl (C=O) groups is 2. The van der Waals surface area contributed by atoms with E-state index < -0.39 is 27.5 Å². The zero-order valence-electron chi connectivity index (χ0n) is 30.7. The number of hydrogen-bond donors (Lipinski definition) is 8. The average molecular weight is 777 g/mol. The first-order chi connectivity index (χ1) is 25.4. The highest BCUT2D eigenvalue weighted by Gasteiger charge is 2.23. The van der Waals surface area contributed by atoms with Crippen molar-refractivity contribution in [3.63, 3.8) is 0 Å². The van der Waals surface area contributed by atoms with Crippen LogP contribution in [0.25, 0.3) is 56.5 Å². The number of H-pyrrole nitrogens is 2. The van der Waals surface area contributed by atoms with Gasteiger partial charge in [0.15, 0.2) is 0 Å². The van der Waals surface area contributed by atoms with E-state index in [4.69, 9.17) is 9.97 Å². The molecule has 0 aromatic carbocycles. The number of amides is 2. The molecule has 3 aromatic rings. The topological polar surface area (TPSA) is 231 Å². The van der Waals surface area contributed by atoms with Crippen LogP contribution in [-0.2, 0) is 18.7 Å². The Kier molecular flexibility index (Phi) is 12.3. The van der Waals surface area contributed by atoms with Crippen LogP contribution in [0.3, 0.4) is 0 Å². The maximum atomic E-state index is 12.8. The lowest BCUT2D eigenvalue weighted by atomic mass is 9.98. The molecule has 0 radical (unpaired) electrons. The Balaban J connectivity index is 1.68. The van der Waals surface area contributed by atoms with Crippen molar-refractivity contribution in [2.75, 3.05) is 25.4 Å². The van der Waals surface area contributed by atoms with Gasteiger partial charge in [0.2, 0.25) is 11.8 Å². The molecule has 0 saturated carbocycles. The van der Waals surface area contributed by atoms with Gasteiger partial charge in [-0.2, -0.15) is 0 Å². The summed E-state index contributed by atoms with van der Waals surface area (Å²) < 4.78 is 22.6. The van der Waals surface area contributed by atoms with E-state index in [2.05, 4.69) is 33.8 Å². The SMILES string of the molecule is C=Cc1c(C)c2cc3[nH]c(cc4nc(cc5nc(cc1[nH]2)C(C)=C5CCC(=O)NCCP(=O)(O)O)C(CCC(=O)NCCP(=O)(O)O)=C4C)c(C)c3C=C. The molecule has 3 aromatic heterocycles. The quantitative estimate of drug-likeness (QED) is 0.0861. The molecule has 0 saturated heterocycles. The summed E-state index contributed by atoms with van der Waals surface area (Å²) >= 11 is 0. The third kappa shape index (κ3) is 9.51. The number of aryl methyl sites for hydroxylation is 2. The van der Waals surface area contributed by atoms with Crippen molar-refractivity contribution in [1.82, 2.24) is 30.6 Å². The van der Waals surface area contributed by atoms with Gasteiger partial charge in [0.05, 0.1) is 35.1 Å². The molecular formula is C38H46N6O8P2. The number of allylic oxidation sites excluding steroid dienone is 4. The summed E-state index contributed by atoms with van der Waals surface area (Å²) in [6, 6.07) is 7.77. The standard InChI is InChI=1S/C38H46N6O8P2/c1-7-25-21(3)29-17-30-23(5)27(9-11-37(45)39-13-15-53(47,48)49)35(43-30)20-36-28(10-12-38(46)40-14-16-54(50,51)52)24(6)32(44-36)19-34-26(8-2)22(4)31(42-34)18-33(25)41-29/h7-8,17-20,41-42H,1-2,9-16H2,3-6H3,(H,39,45)(H,40,46)(H2,47,48,49)(H2,50,51,52). The van der Waals surface area contributed by atoms with Crippen LogP contribution in [0.2, 0.25) is 0 Å². The van der Waals surface area contributed by atoms with Crippen LogP contribution in [0.1, 0.15) is 84.6 Å². The first-order valence-electron chi connectivity index (χ1n) is 17.4. The van der Waals surface area contributed by atoms with Gasteiger partial charge >= 0.3 is 15.2 Å². The minimum atomic E-state index is -4.27. The van der Waals surface area contributed by atoms with Crippen molar-refractivity contribution in [1.29, 1.82) is 0 Å². The number of carbonyl (C=O) groups excluding carboxylic acids is 2. The van der Waals surface area contributed by atoms with Crippen LogP contribution in [0.5, 0.6) is 0 Å². The number of aromatic amines is 2. The van der Waals surface area contributed by atoms with Gasteiger partial charge in [0.25, 0.3) is 0 Å². The molecule has 2 amide bonds. The predicted molar refractivity (Wildman–Crippen MR) is 214 cm³/mol. The molecule has 0 unspecified atom stereocenters. The molecule has 8 bridgehead atoms. The summed E-state index contributed by atoms with van der Waals surface area (Å²) in [5.41, 5.74) is 12.9. The molecule has 0 spiro atoms. The summed E-state index contributed by atoms with van der Waals surface area (Å²) in [7, 11) is -8.53. The largest absolute Gasteiger partial charge is 0.355 e. The molecule has 54 heavy (non-hydrogen) atoms. The summed E-state index contributed by atoms with van der Waals surface area (Å²) in [6.45, 7) is 15.7. The molecule has 8 N–H and O–H groups in total. The first-order valence-corrected chi connectivity index (χ1v) is 21.0. The van der Waals surface area contributed by atoms with Crippen LogP contribution < -0.4 is 10.6 Å². The first kappa shape index (κ1) is 40.5. The molecule has 0 aliphatic carbocycles. The Morgan fingerprint density at radius 2 is 1.04 bits per heavy atom. The Labute approximate surface area is 313 Å². The van der Waals surface area contributed by atoms with E-state index in [1.807, 2.05) is 58.0 Å². The van der Waals surface area contributed by atoms with Crippen molar-refractivity contribution in [3.8, 4) is 0 Å². The lowest BCUT2D eigenvalue weighted by molar-refractivity contribution is -0.121. The average Bonchev–Trinajstić information content (AvgIpc) is 3.74. The molecule has 2 aliphatic rings. The lowest BCUT2D eigenvalue weighted by Crippen LogP contribution is -2.26. The maximum Gasteiger partial charge on any atom is 0.327 e. The molecular weight excluding hydrogens is 730 g/mol. The van der Waals surface area contributed by atoms with Crippen LogP contribution in [0.15, 0.2) is 37.4 Å². The third-order valence-corrected chi connectivity index (χ3v) is 11.3. The summed E-state index contributed by atoms with van der Waals surface area (Å²) in [5.74, 6) is -0.727. The Morgan fingerprint density at radius 1 is 0.648 bits per heavy atom. The molecule has 5 rings (SSSR count). The Hall–Kier alpha value is -4.68. The lowest BCUT2D eigenvalue weighted by Gasteiger charge is -2.09.